The van der Waals surface area contributed by atoms with Crippen LogP contribution in [-0.2, 0) is 11.3 Å². The Kier molecular flexibility index (Phi) is 5.50. The molecule has 6 heteroatoms. The Balaban J connectivity index is 1.41. The number of nitrogens with zero attached hydrogens (tertiary/aromatic N) is 3. The molecule has 1 atom stereocenters. The smallest absolute Gasteiger partial charge is 0.228 e. The van der Waals surface area contributed by atoms with Crippen molar-refractivity contribution in [3.63, 3.8) is 0 Å². The molecule has 2 fully saturated rings. The van der Waals surface area contributed by atoms with Gasteiger partial charge in [0.15, 0.2) is 0 Å². The molecule has 0 unspecified atom stereocenters. The normalized spacial score (nSPS) is 21.2. The number of aromatic nitrogens is 1. The summed E-state index contributed by atoms with van der Waals surface area (Å²) in [5, 5.41) is 0.651. The van der Waals surface area contributed by atoms with Gasteiger partial charge in [-0.25, -0.2) is 4.98 Å². The van der Waals surface area contributed by atoms with Crippen molar-refractivity contribution in [2.24, 2.45) is 5.92 Å². The highest BCUT2D eigenvalue weighted by Crippen LogP contribution is 2.29. The Hall–Kier alpha value is -1.85. The number of piperidine rings is 1. The van der Waals surface area contributed by atoms with E-state index in [1.54, 1.807) is 0 Å². The molecular formula is C21H26ClN3O2. The predicted molar refractivity (Wildman–Crippen MR) is 106 cm³/mol. The zero-order valence-corrected chi connectivity index (χ0v) is 16.5. The minimum atomic E-state index is 0.323. The van der Waals surface area contributed by atoms with E-state index in [1.165, 1.54) is 12.8 Å². The van der Waals surface area contributed by atoms with E-state index in [4.69, 9.17) is 21.0 Å². The maximum absolute atomic E-state index is 11.9. The summed E-state index contributed by atoms with van der Waals surface area (Å²) >= 11 is 6.28. The SMILES string of the molecule is Cc1oc(-c2ccccc2Cl)nc1CN1CCC[C@@H](CN2CCCC2=O)C1. The molecule has 2 aliphatic heterocycles. The van der Waals surface area contributed by atoms with Crippen LogP contribution < -0.4 is 0 Å². The Morgan fingerprint density at radius 3 is 2.89 bits per heavy atom. The van der Waals surface area contributed by atoms with Crippen molar-refractivity contribution in [2.75, 3.05) is 26.2 Å². The maximum atomic E-state index is 11.9. The predicted octanol–water partition coefficient (Wildman–Crippen LogP) is 4.14. The maximum Gasteiger partial charge on any atom is 0.228 e. The van der Waals surface area contributed by atoms with Crippen LogP contribution in [0.25, 0.3) is 11.5 Å². The molecule has 0 spiro atoms. The van der Waals surface area contributed by atoms with Crippen LogP contribution in [0.4, 0.5) is 0 Å². The number of amides is 1. The quantitative estimate of drug-likeness (QED) is 0.773. The van der Waals surface area contributed by atoms with E-state index in [1.807, 2.05) is 36.1 Å². The third-order valence-corrected chi connectivity index (χ3v) is 5.95. The van der Waals surface area contributed by atoms with Gasteiger partial charge in [0.2, 0.25) is 11.8 Å². The zero-order valence-electron chi connectivity index (χ0n) is 15.8. The summed E-state index contributed by atoms with van der Waals surface area (Å²) in [6.45, 7) is 6.66. The van der Waals surface area contributed by atoms with Crippen molar-refractivity contribution in [3.8, 4) is 11.5 Å². The molecule has 27 heavy (non-hydrogen) atoms. The van der Waals surface area contributed by atoms with Gasteiger partial charge in [-0.2, -0.15) is 0 Å². The number of oxazole rings is 1. The van der Waals surface area contributed by atoms with Gasteiger partial charge >= 0.3 is 0 Å². The monoisotopic (exact) mass is 387 g/mol. The van der Waals surface area contributed by atoms with Crippen molar-refractivity contribution in [2.45, 2.75) is 39.2 Å². The molecule has 0 N–H and O–H groups in total. The largest absolute Gasteiger partial charge is 0.441 e. The van der Waals surface area contributed by atoms with Crippen LogP contribution in [-0.4, -0.2) is 46.9 Å². The highest BCUT2D eigenvalue weighted by Gasteiger charge is 2.27. The van der Waals surface area contributed by atoms with Gasteiger partial charge in [-0.15, -0.1) is 0 Å². The van der Waals surface area contributed by atoms with Gasteiger partial charge in [0.05, 0.1) is 16.3 Å². The molecule has 0 bridgehead atoms. The summed E-state index contributed by atoms with van der Waals surface area (Å²) in [5.41, 5.74) is 1.81. The summed E-state index contributed by atoms with van der Waals surface area (Å²) < 4.78 is 5.90. The molecule has 4 rings (SSSR count). The van der Waals surface area contributed by atoms with Crippen molar-refractivity contribution < 1.29 is 9.21 Å². The fourth-order valence-corrected chi connectivity index (χ4v) is 4.41. The number of halogens is 1. The van der Waals surface area contributed by atoms with Crippen LogP contribution in [0.5, 0.6) is 0 Å². The molecule has 1 aromatic heterocycles. The number of likely N-dealkylation sites (tertiary alicyclic amines) is 2. The van der Waals surface area contributed by atoms with Gasteiger partial charge in [0.1, 0.15) is 5.76 Å². The topological polar surface area (TPSA) is 49.6 Å². The Bertz CT molecular complexity index is 820. The molecular weight excluding hydrogens is 362 g/mol. The van der Waals surface area contributed by atoms with E-state index < -0.39 is 0 Å². The lowest BCUT2D eigenvalue weighted by atomic mass is 9.97. The highest BCUT2D eigenvalue weighted by molar-refractivity contribution is 6.33. The summed E-state index contributed by atoms with van der Waals surface area (Å²) in [6, 6.07) is 7.63. The van der Waals surface area contributed by atoms with Crippen LogP contribution in [0.3, 0.4) is 0 Å². The number of carbonyl (C=O) groups excluding carboxylic acids is 1. The summed E-state index contributed by atoms with van der Waals surface area (Å²) in [6.07, 6.45) is 4.10. The van der Waals surface area contributed by atoms with E-state index in [2.05, 4.69) is 4.90 Å². The van der Waals surface area contributed by atoms with Crippen molar-refractivity contribution in [1.29, 1.82) is 0 Å². The van der Waals surface area contributed by atoms with Crippen molar-refractivity contribution in [1.82, 2.24) is 14.8 Å². The average molecular weight is 388 g/mol. The fraction of sp³-hybridized carbons (Fsp3) is 0.524. The first-order valence-electron chi connectivity index (χ1n) is 9.81. The van der Waals surface area contributed by atoms with E-state index in [0.29, 0.717) is 22.7 Å². The first-order valence-corrected chi connectivity index (χ1v) is 10.2. The van der Waals surface area contributed by atoms with Crippen LogP contribution in [0, 0.1) is 12.8 Å². The molecule has 2 aliphatic rings. The highest BCUT2D eigenvalue weighted by atomic mass is 35.5. The minimum absolute atomic E-state index is 0.323. The molecule has 0 saturated carbocycles. The van der Waals surface area contributed by atoms with Crippen molar-refractivity contribution >= 4 is 17.5 Å². The first kappa shape index (κ1) is 18.5. The molecule has 0 aliphatic carbocycles. The lowest BCUT2D eigenvalue weighted by Crippen LogP contribution is -2.41. The second-order valence-electron chi connectivity index (χ2n) is 7.69. The van der Waals surface area contributed by atoms with E-state index in [-0.39, 0.29) is 0 Å². The number of rotatable bonds is 5. The van der Waals surface area contributed by atoms with Crippen LogP contribution in [0.1, 0.15) is 37.1 Å². The Morgan fingerprint density at radius 1 is 1.26 bits per heavy atom. The number of benzene rings is 1. The molecule has 144 valence electrons. The average Bonchev–Trinajstić information content (AvgIpc) is 3.22. The first-order chi connectivity index (χ1) is 13.1. The molecule has 1 amide bonds. The van der Waals surface area contributed by atoms with Crippen LogP contribution in [0.15, 0.2) is 28.7 Å². The summed E-state index contributed by atoms with van der Waals surface area (Å²) in [7, 11) is 0. The van der Waals surface area contributed by atoms with Gasteiger partial charge in [-0.1, -0.05) is 23.7 Å². The molecule has 3 heterocycles. The molecule has 1 aromatic carbocycles. The van der Waals surface area contributed by atoms with Crippen molar-refractivity contribution in [3.05, 3.63) is 40.7 Å². The lowest BCUT2D eigenvalue weighted by molar-refractivity contribution is -0.128. The van der Waals surface area contributed by atoms with Gasteiger partial charge in [0, 0.05) is 32.6 Å². The number of hydrogen-bond donors (Lipinski definition) is 0. The number of aryl methyl sites for hydroxylation is 1. The third kappa shape index (κ3) is 4.19. The Labute approximate surface area is 165 Å². The third-order valence-electron chi connectivity index (χ3n) is 5.62. The van der Waals surface area contributed by atoms with E-state index >= 15 is 0 Å². The van der Waals surface area contributed by atoms with Gasteiger partial charge in [-0.3, -0.25) is 9.69 Å². The van der Waals surface area contributed by atoms with Crippen LogP contribution in [0.2, 0.25) is 5.02 Å². The molecule has 2 saturated heterocycles. The van der Waals surface area contributed by atoms with E-state index in [9.17, 15) is 4.79 Å². The fourth-order valence-electron chi connectivity index (χ4n) is 4.19. The van der Waals surface area contributed by atoms with Gasteiger partial charge in [0.25, 0.3) is 0 Å². The zero-order chi connectivity index (χ0) is 18.8. The van der Waals surface area contributed by atoms with Crippen LogP contribution >= 0.6 is 11.6 Å². The van der Waals surface area contributed by atoms with Gasteiger partial charge in [-0.05, 0) is 50.8 Å². The standard InChI is InChI=1S/C21H26ClN3O2/c1-15-19(23-21(27-15)17-7-2-3-8-18(17)22)14-24-10-4-6-16(12-24)13-25-11-5-9-20(25)26/h2-3,7-8,16H,4-6,9-14H2,1H3/t16-/m1/s1. The molecule has 0 radical (unpaired) electrons. The van der Waals surface area contributed by atoms with E-state index in [0.717, 1.165) is 62.6 Å². The summed E-state index contributed by atoms with van der Waals surface area (Å²) in [4.78, 5) is 21.1. The Morgan fingerprint density at radius 2 is 2.11 bits per heavy atom. The number of carbonyl (C=O) groups is 1. The molecule has 5 nitrogen and oxygen atoms in total. The lowest BCUT2D eigenvalue weighted by Gasteiger charge is -2.34. The second-order valence-corrected chi connectivity index (χ2v) is 8.10. The summed E-state index contributed by atoms with van der Waals surface area (Å²) in [5.74, 6) is 2.31. The van der Waals surface area contributed by atoms with Gasteiger partial charge < -0.3 is 9.32 Å². The number of hydrogen-bond acceptors (Lipinski definition) is 4. The minimum Gasteiger partial charge on any atom is -0.441 e. The molecule has 2 aromatic rings. The second kappa shape index (κ2) is 8.03.